The lowest BCUT2D eigenvalue weighted by Crippen LogP contribution is -2.49. The van der Waals surface area contributed by atoms with Gasteiger partial charge >= 0.3 is 5.97 Å². The van der Waals surface area contributed by atoms with Crippen LogP contribution in [0.5, 0.6) is 0 Å². The topological polar surface area (TPSA) is 77.8 Å². The second-order valence-corrected chi connectivity index (χ2v) is 12.3. The Bertz CT molecular complexity index is 833. The van der Waals surface area contributed by atoms with Crippen molar-refractivity contribution in [1.82, 2.24) is 0 Å². The van der Waals surface area contributed by atoms with Gasteiger partial charge in [0.15, 0.2) is 0 Å². The molecule has 0 unspecified atom stereocenters. The van der Waals surface area contributed by atoms with Crippen LogP contribution in [0.3, 0.4) is 0 Å². The second-order valence-electron chi connectivity index (χ2n) is 12.3. The molecular weight excluding hydrogens is 412 g/mol. The van der Waals surface area contributed by atoms with Gasteiger partial charge in [0.2, 0.25) is 0 Å². The molecular formula is C29H48O4. The molecule has 4 heteroatoms. The Balaban J connectivity index is 2.41. The first-order valence-corrected chi connectivity index (χ1v) is 12.7. The first-order valence-electron chi connectivity index (χ1n) is 12.7. The molecule has 0 bridgehead atoms. The zero-order chi connectivity index (χ0) is 25.2. The van der Waals surface area contributed by atoms with Crippen LogP contribution in [0, 0.1) is 27.6 Å². The Kier molecular flexibility index (Phi) is 8.50. The molecule has 0 aromatic rings. The Labute approximate surface area is 201 Å². The number of rotatable bonds is 8. The van der Waals surface area contributed by atoms with Crippen molar-refractivity contribution in [3.8, 4) is 0 Å². The van der Waals surface area contributed by atoms with Gasteiger partial charge in [0, 0.05) is 5.92 Å². The summed E-state index contributed by atoms with van der Waals surface area (Å²) < 4.78 is 0. The highest BCUT2D eigenvalue weighted by Crippen LogP contribution is 2.64. The fraction of sp³-hybridized carbons (Fsp3) is 0.759. The van der Waals surface area contributed by atoms with Gasteiger partial charge in [0.1, 0.15) is 0 Å². The third-order valence-corrected chi connectivity index (χ3v) is 9.60. The lowest BCUT2D eigenvalue weighted by molar-refractivity contribution is -0.147. The van der Waals surface area contributed by atoms with Crippen molar-refractivity contribution in [2.75, 3.05) is 13.2 Å². The van der Waals surface area contributed by atoms with Crippen LogP contribution in [0.2, 0.25) is 0 Å². The summed E-state index contributed by atoms with van der Waals surface area (Å²) in [5.74, 6) is -0.509. The Hall–Kier alpha value is -1.39. The number of aliphatic hydroxyl groups excluding tert-OH is 2. The highest BCUT2D eigenvalue weighted by molar-refractivity contribution is 5.73. The molecule has 2 aliphatic rings. The summed E-state index contributed by atoms with van der Waals surface area (Å²) in [6, 6.07) is 0. The van der Waals surface area contributed by atoms with Gasteiger partial charge in [-0.2, -0.15) is 0 Å². The molecule has 3 N–H and O–H groups in total. The molecule has 0 heterocycles. The second kappa shape index (κ2) is 10.1. The summed E-state index contributed by atoms with van der Waals surface area (Å²) in [5, 5.41) is 29.1. The summed E-state index contributed by atoms with van der Waals surface area (Å²) in [5.41, 5.74) is 4.37. The molecule has 0 saturated heterocycles. The summed E-state index contributed by atoms with van der Waals surface area (Å²) in [7, 11) is 0. The van der Waals surface area contributed by atoms with E-state index in [0.29, 0.717) is 6.42 Å². The van der Waals surface area contributed by atoms with Crippen molar-refractivity contribution >= 4 is 5.97 Å². The summed E-state index contributed by atoms with van der Waals surface area (Å²) in [6.07, 6.45) is 11.1. The molecule has 0 radical (unpaired) electrons. The minimum Gasteiger partial charge on any atom is -0.481 e. The van der Waals surface area contributed by atoms with Crippen LogP contribution in [0.1, 0.15) is 100 Å². The lowest BCUT2D eigenvalue weighted by atomic mass is 9.46. The molecule has 33 heavy (non-hydrogen) atoms. The van der Waals surface area contributed by atoms with E-state index < -0.39 is 11.4 Å². The predicted molar refractivity (Wildman–Crippen MR) is 136 cm³/mol. The Morgan fingerprint density at radius 2 is 1.85 bits per heavy atom. The van der Waals surface area contributed by atoms with Gasteiger partial charge in [-0.05, 0) is 98.7 Å². The van der Waals surface area contributed by atoms with E-state index in [4.69, 9.17) is 0 Å². The molecule has 188 valence electrons. The van der Waals surface area contributed by atoms with Gasteiger partial charge in [-0.3, -0.25) is 4.79 Å². The van der Waals surface area contributed by atoms with Gasteiger partial charge in [-0.15, -0.1) is 0 Å². The van der Waals surface area contributed by atoms with Crippen molar-refractivity contribution in [3.05, 3.63) is 34.4 Å². The number of hydrogen-bond acceptors (Lipinski definition) is 3. The molecule has 4 atom stereocenters. The summed E-state index contributed by atoms with van der Waals surface area (Å²) in [4.78, 5) is 11.7. The summed E-state index contributed by atoms with van der Waals surface area (Å²) in [6.45, 7) is 17.5. The van der Waals surface area contributed by atoms with Crippen LogP contribution in [-0.2, 0) is 4.79 Å². The van der Waals surface area contributed by atoms with Crippen LogP contribution >= 0.6 is 0 Å². The number of aliphatic carboxylic acids is 1. The highest BCUT2D eigenvalue weighted by atomic mass is 16.4. The molecule has 1 fully saturated rings. The van der Waals surface area contributed by atoms with Crippen LogP contribution in [0.25, 0.3) is 0 Å². The zero-order valence-corrected chi connectivity index (χ0v) is 22.3. The maximum Gasteiger partial charge on any atom is 0.309 e. The fourth-order valence-corrected chi connectivity index (χ4v) is 6.57. The van der Waals surface area contributed by atoms with Gasteiger partial charge in [-0.25, -0.2) is 0 Å². The van der Waals surface area contributed by atoms with Crippen molar-refractivity contribution in [2.24, 2.45) is 27.6 Å². The number of carboxylic acids is 1. The van der Waals surface area contributed by atoms with Gasteiger partial charge in [-0.1, -0.05) is 52.3 Å². The van der Waals surface area contributed by atoms with Gasteiger partial charge in [0.25, 0.3) is 0 Å². The van der Waals surface area contributed by atoms with E-state index in [2.05, 4.69) is 40.7 Å². The highest BCUT2D eigenvalue weighted by Gasteiger charge is 2.54. The average molecular weight is 461 g/mol. The van der Waals surface area contributed by atoms with Crippen molar-refractivity contribution < 1.29 is 20.1 Å². The number of hydrogen-bond donors (Lipinski definition) is 3. The van der Waals surface area contributed by atoms with Gasteiger partial charge < -0.3 is 15.3 Å². The van der Waals surface area contributed by atoms with Gasteiger partial charge in [0.05, 0.1) is 18.6 Å². The maximum absolute atomic E-state index is 11.7. The average Bonchev–Trinajstić information content (AvgIpc) is 2.76. The third kappa shape index (κ3) is 5.32. The lowest BCUT2D eigenvalue weighted by Gasteiger charge is -2.59. The molecule has 0 aliphatic heterocycles. The molecule has 1 saturated carbocycles. The third-order valence-electron chi connectivity index (χ3n) is 9.60. The van der Waals surface area contributed by atoms with E-state index in [1.807, 2.05) is 26.8 Å². The van der Waals surface area contributed by atoms with E-state index in [1.165, 1.54) is 11.1 Å². The minimum atomic E-state index is -0.712. The Morgan fingerprint density at radius 3 is 2.36 bits per heavy atom. The molecule has 4 nitrogen and oxygen atoms in total. The fourth-order valence-electron chi connectivity index (χ4n) is 6.57. The van der Waals surface area contributed by atoms with E-state index >= 15 is 0 Å². The standard InChI is InChI=1S/C29H48O4/c1-9-28(7)19-27(6,14-13-26(4,5)25(32)33)15-16-29(28,8)24-11-10-22(20(2)18-31)23(12-17-30)21(24)3/h11-12,21,30-31H,9-10,13-19H2,1-8H3,(H,32,33)/b22-20-,23-12-/t21-,27-,28+,29-/m1/s1. The first kappa shape index (κ1) is 27.9. The van der Waals surface area contributed by atoms with Crippen LogP contribution in [-0.4, -0.2) is 34.5 Å². The van der Waals surface area contributed by atoms with E-state index in [0.717, 1.165) is 49.7 Å². The maximum atomic E-state index is 11.7. The van der Waals surface area contributed by atoms with Crippen LogP contribution < -0.4 is 0 Å². The summed E-state index contributed by atoms with van der Waals surface area (Å²) >= 11 is 0. The number of carbonyl (C=O) groups is 1. The SMILES string of the molecule is CC[C@@]1(C)C[C@](C)(CCC(C)(C)C(=O)O)CC[C@]1(C)C1=CCC(=C(\C)CO)/C(=C\CO)[C@H]1C. The minimum absolute atomic E-state index is 0.00829. The predicted octanol–water partition coefficient (Wildman–Crippen LogP) is 6.68. The number of aliphatic hydroxyl groups is 2. The smallest absolute Gasteiger partial charge is 0.309 e. The number of carboxylic acid groups (broad SMARTS) is 1. The van der Waals surface area contributed by atoms with Crippen LogP contribution in [0.4, 0.5) is 0 Å². The molecule has 2 aliphatic carbocycles. The van der Waals surface area contributed by atoms with Crippen molar-refractivity contribution in [3.63, 3.8) is 0 Å². The number of allylic oxidation sites excluding steroid dienone is 4. The van der Waals surface area contributed by atoms with Crippen molar-refractivity contribution in [2.45, 2.75) is 100 Å². The molecule has 0 aromatic heterocycles. The van der Waals surface area contributed by atoms with E-state index in [-0.39, 0.29) is 35.4 Å². The quantitative estimate of drug-likeness (QED) is 0.353. The van der Waals surface area contributed by atoms with E-state index in [9.17, 15) is 20.1 Å². The molecule has 0 amide bonds. The molecule has 2 rings (SSSR count). The molecule has 0 spiro atoms. The Morgan fingerprint density at radius 1 is 1.21 bits per heavy atom. The van der Waals surface area contributed by atoms with Crippen molar-refractivity contribution in [1.29, 1.82) is 0 Å². The van der Waals surface area contributed by atoms with Crippen LogP contribution in [0.15, 0.2) is 34.4 Å². The normalized spacial score (nSPS) is 36.0. The molecule has 0 aromatic carbocycles. The zero-order valence-electron chi connectivity index (χ0n) is 22.3. The van der Waals surface area contributed by atoms with E-state index in [1.54, 1.807) is 0 Å². The first-order chi connectivity index (χ1) is 15.2. The largest absolute Gasteiger partial charge is 0.481 e. The monoisotopic (exact) mass is 460 g/mol.